The molecular formula is C16H16N2O. The average molecular weight is 252 g/mol. The van der Waals surface area contributed by atoms with E-state index in [-0.39, 0.29) is 6.61 Å². The van der Waals surface area contributed by atoms with Crippen LogP contribution in [0.1, 0.15) is 11.1 Å². The van der Waals surface area contributed by atoms with E-state index in [9.17, 15) is 5.11 Å². The summed E-state index contributed by atoms with van der Waals surface area (Å²) in [6.45, 7) is 0.960. The van der Waals surface area contributed by atoms with E-state index in [1.807, 2.05) is 0 Å². The molecule has 2 aromatic rings. The molecule has 1 aliphatic heterocycles. The van der Waals surface area contributed by atoms with Gasteiger partial charge >= 0.3 is 0 Å². The van der Waals surface area contributed by atoms with Gasteiger partial charge in [0.25, 0.3) is 0 Å². The number of nitrogens with zero attached hydrogens (tertiary/aromatic N) is 1. The Labute approximate surface area is 111 Å². The number of benzene rings is 1. The number of aromatic nitrogens is 1. The summed E-state index contributed by atoms with van der Waals surface area (Å²) < 4.78 is 0. The summed E-state index contributed by atoms with van der Waals surface area (Å²) in [5.41, 5.74) is 7.57. The molecule has 96 valence electrons. The molecule has 4 rings (SSSR count). The van der Waals surface area contributed by atoms with Crippen LogP contribution in [0, 0.1) is 0 Å². The molecule has 19 heavy (non-hydrogen) atoms. The van der Waals surface area contributed by atoms with Gasteiger partial charge in [-0.05, 0) is 28.8 Å². The second-order valence-corrected chi connectivity index (χ2v) is 5.40. The molecular weight excluding hydrogens is 236 g/mol. The van der Waals surface area contributed by atoms with Crippen molar-refractivity contribution in [2.45, 2.75) is 6.42 Å². The normalized spacial score (nSPS) is 17.8. The molecule has 0 bridgehead atoms. The largest absolute Gasteiger partial charge is 0.392 e. The number of aliphatic hydroxyl groups excluding tert-OH is 1. The van der Waals surface area contributed by atoms with E-state index < -0.39 is 0 Å². The summed E-state index contributed by atoms with van der Waals surface area (Å²) in [4.78, 5) is 5.61. The lowest BCUT2D eigenvalue weighted by Gasteiger charge is -2.33. The molecule has 0 saturated heterocycles. The van der Waals surface area contributed by atoms with E-state index in [1.165, 1.54) is 33.3 Å². The molecule has 0 saturated carbocycles. The van der Waals surface area contributed by atoms with Gasteiger partial charge in [0, 0.05) is 48.4 Å². The first-order chi connectivity index (χ1) is 9.28. The second-order valence-electron chi connectivity index (χ2n) is 5.40. The highest BCUT2D eigenvalue weighted by atomic mass is 16.3. The van der Waals surface area contributed by atoms with Gasteiger partial charge in [-0.2, -0.15) is 0 Å². The predicted octanol–water partition coefficient (Wildman–Crippen LogP) is 2.30. The topological polar surface area (TPSA) is 39.3 Å². The third-order valence-corrected chi connectivity index (χ3v) is 4.20. The van der Waals surface area contributed by atoms with Crippen molar-refractivity contribution in [2.24, 2.45) is 0 Å². The van der Waals surface area contributed by atoms with E-state index in [4.69, 9.17) is 0 Å². The maximum atomic E-state index is 9.42. The minimum atomic E-state index is 0.136. The highest BCUT2D eigenvalue weighted by Gasteiger charge is 2.25. The Balaban J connectivity index is 2.02. The van der Waals surface area contributed by atoms with Crippen molar-refractivity contribution in [1.29, 1.82) is 0 Å². The number of aromatic amines is 1. The van der Waals surface area contributed by atoms with Crippen LogP contribution in [0.25, 0.3) is 16.5 Å². The molecule has 0 radical (unpaired) electrons. The standard InChI is InChI=1S/C16H16N2O/c1-18-8-10(9-19)5-13-12-3-2-4-14-16(12)11(7-17-14)6-15(13)18/h2-5,7,17,19H,6,8-9H2,1H3. The minimum Gasteiger partial charge on any atom is -0.392 e. The number of nitrogens with one attached hydrogen (secondary N) is 1. The van der Waals surface area contributed by atoms with E-state index >= 15 is 0 Å². The zero-order valence-corrected chi connectivity index (χ0v) is 10.9. The van der Waals surface area contributed by atoms with E-state index in [0.717, 1.165) is 18.5 Å². The fourth-order valence-corrected chi connectivity index (χ4v) is 3.30. The van der Waals surface area contributed by atoms with Crippen LogP contribution in [0.5, 0.6) is 0 Å². The summed E-state index contributed by atoms with van der Waals surface area (Å²) >= 11 is 0. The number of likely N-dealkylation sites (N-methyl/N-ethyl adjacent to an activating group) is 1. The number of fused-ring (bicyclic) bond motifs is 1. The molecule has 3 nitrogen and oxygen atoms in total. The number of hydrogen-bond donors (Lipinski definition) is 2. The molecule has 1 aromatic heterocycles. The number of aliphatic hydroxyl groups is 1. The molecule has 0 spiro atoms. The van der Waals surface area contributed by atoms with Gasteiger partial charge in [-0.25, -0.2) is 0 Å². The zero-order valence-electron chi connectivity index (χ0n) is 10.9. The maximum absolute atomic E-state index is 9.42. The molecule has 2 aliphatic rings. The van der Waals surface area contributed by atoms with E-state index in [2.05, 4.69) is 47.4 Å². The summed E-state index contributed by atoms with van der Waals surface area (Å²) in [5.74, 6) is 0. The molecule has 3 heteroatoms. The lowest BCUT2D eigenvalue weighted by Crippen LogP contribution is -2.28. The van der Waals surface area contributed by atoms with Crippen LogP contribution in [0.3, 0.4) is 0 Å². The van der Waals surface area contributed by atoms with Crippen LogP contribution in [0.4, 0.5) is 0 Å². The molecule has 0 atom stereocenters. The molecule has 1 aromatic carbocycles. The Kier molecular flexibility index (Phi) is 2.15. The van der Waals surface area contributed by atoms with Gasteiger partial charge in [0.2, 0.25) is 0 Å². The fourth-order valence-electron chi connectivity index (χ4n) is 3.30. The molecule has 0 unspecified atom stereocenters. The first kappa shape index (κ1) is 10.9. The van der Waals surface area contributed by atoms with Crippen molar-refractivity contribution in [3.8, 4) is 0 Å². The summed E-state index contributed by atoms with van der Waals surface area (Å²) in [6, 6.07) is 6.39. The first-order valence-electron chi connectivity index (χ1n) is 6.62. The summed E-state index contributed by atoms with van der Waals surface area (Å²) in [6.07, 6.45) is 5.26. The van der Waals surface area contributed by atoms with Crippen molar-refractivity contribution in [1.82, 2.24) is 9.88 Å². The average Bonchev–Trinajstić information content (AvgIpc) is 2.85. The van der Waals surface area contributed by atoms with Gasteiger partial charge in [0.1, 0.15) is 0 Å². The van der Waals surface area contributed by atoms with Crippen LogP contribution in [-0.4, -0.2) is 35.2 Å². The third-order valence-electron chi connectivity index (χ3n) is 4.20. The second kappa shape index (κ2) is 3.75. The van der Waals surface area contributed by atoms with Crippen molar-refractivity contribution < 1.29 is 5.11 Å². The van der Waals surface area contributed by atoms with Gasteiger partial charge in [-0.15, -0.1) is 0 Å². The van der Waals surface area contributed by atoms with Gasteiger partial charge in [-0.3, -0.25) is 0 Å². The SMILES string of the molecule is CN1CC(CO)=CC2=C1Cc1c[nH]c3cccc2c13. The Morgan fingerprint density at radius 2 is 2.26 bits per heavy atom. The monoisotopic (exact) mass is 252 g/mol. The quantitative estimate of drug-likeness (QED) is 0.817. The van der Waals surface area contributed by atoms with Gasteiger partial charge < -0.3 is 15.0 Å². The Bertz CT molecular complexity index is 736. The summed E-state index contributed by atoms with van der Waals surface area (Å²) in [5, 5.41) is 10.8. The highest BCUT2D eigenvalue weighted by Crippen LogP contribution is 2.40. The Hall–Kier alpha value is -2.00. The number of allylic oxidation sites excluding steroid dienone is 3. The molecule has 1 aliphatic carbocycles. The number of hydrogen-bond acceptors (Lipinski definition) is 2. The minimum absolute atomic E-state index is 0.136. The fraction of sp³-hybridized carbons (Fsp3) is 0.250. The van der Waals surface area contributed by atoms with Gasteiger partial charge in [0.05, 0.1) is 6.61 Å². The van der Waals surface area contributed by atoms with Crippen LogP contribution >= 0.6 is 0 Å². The predicted molar refractivity (Wildman–Crippen MR) is 76.7 cm³/mol. The zero-order chi connectivity index (χ0) is 13.0. The Morgan fingerprint density at radius 1 is 1.37 bits per heavy atom. The first-order valence-corrected chi connectivity index (χ1v) is 6.62. The molecule has 0 amide bonds. The van der Waals surface area contributed by atoms with Crippen molar-refractivity contribution >= 4 is 16.5 Å². The van der Waals surface area contributed by atoms with E-state index in [1.54, 1.807) is 0 Å². The third kappa shape index (κ3) is 1.42. The van der Waals surface area contributed by atoms with Crippen molar-refractivity contribution in [3.63, 3.8) is 0 Å². The van der Waals surface area contributed by atoms with E-state index in [0.29, 0.717) is 0 Å². The van der Waals surface area contributed by atoms with Gasteiger partial charge in [-0.1, -0.05) is 12.1 Å². The van der Waals surface area contributed by atoms with Crippen molar-refractivity contribution in [2.75, 3.05) is 20.2 Å². The number of H-pyrrole nitrogens is 1. The van der Waals surface area contributed by atoms with Crippen molar-refractivity contribution in [3.05, 3.63) is 52.9 Å². The lowest BCUT2D eigenvalue weighted by molar-refractivity contribution is 0.311. The maximum Gasteiger partial charge on any atom is 0.0662 e. The van der Waals surface area contributed by atoms with Crippen LogP contribution < -0.4 is 0 Å². The number of rotatable bonds is 1. The summed E-state index contributed by atoms with van der Waals surface area (Å²) in [7, 11) is 2.11. The smallest absolute Gasteiger partial charge is 0.0662 e. The van der Waals surface area contributed by atoms with Gasteiger partial charge in [0.15, 0.2) is 0 Å². The van der Waals surface area contributed by atoms with Crippen LogP contribution in [-0.2, 0) is 6.42 Å². The molecule has 2 N–H and O–H groups in total. The Morgan fingerprint density at radius 3 is 3.11 bits per heavy atom. The molecule has 2 heterocycles. The van der Waals surface area contributed by atoms with Crippen LogP contribution in [0.2, 0.25) is 0 Å². The highest BCUT2D eigenvalue weighted by molar-refractivity contribution is 6.00. The molecule has 0 fully saturated rings. The van der Waals surface area contributed by atoms with Crippen LogP contribution in [0.15, 0.2) is 41.7 Å². The lowest BCUT2D eigenvalue weighted by atomic mass is 9.86.